The van der Waals surface area contributed by atoms with E-state index in [0.717, 1.165) is 33.6 Å². The molecule has 0 saturated carbocycles. The van der Waals surface area contributed by atoms with Gasteiger partial charge in [-0.05, 0) is 53.1 Å². The molecule has 0 saturated heterocycles. The van der Waals surface area contributed by atoms with Crippen molar-refractivity contribution in [3.8, 4) is 11.1 Å². The molecule has 4 aromatic rings. The topological polar surface area (TPSA) is 134 Å². The lowest BCUT2D eigenvalue weighted by Gasteiger charge is -2.27. The fourth-order valence-corrected chi connectivity index (χ4v) is 8.07. The van der Waals surface area contributed by atoms with Gasteiger partial charge in [-0.2, -0.15) is 4.72 Å². The highest BCUT2D eigenvalue weighted by atomic mass is 79.9. The molecule has 3 aromatic carbocycles. The molecular weight excluding hydrogens is 662 g/mol. The molecule has 0 spiro atoms. The second-order valence-corrected chi connectivity index (χ2v) is 15.0. The van der Waals surface area contributed by atoms with Gasteiger partial charge in [0.05, 0.1) is 28.3 Å². The van der Waals surface area contributed by atoms with Crippen LogP contribution in [0.1, 0.15) is 10.8 Å². The number of aliphatic carboxylic acids is 1. The van der Waals surface area contributed by atoms with Crippen molar-refractivity contribution in [1.29, 1.82) is 0 Å². The van der Waals surface area contributed by atoms with Crippen molar-refractivity contribution >= 4 is 59.4 Å². The molecule has 9 nitrogen and oxygen atoms in total. The summed E-state index contributed by atoms with van der Waals surface area (Å²) in [6.07, 6.45) is 4.04. The first kappa shape index (κ1) is 31.7. The van der Waals surface area contributed by atoms with E-state index in [1.807, 2.05) is 24.3 Å². The van der Waals surface area contributed by atoms with E-state index in [2.05, 4.69) is 25.6 Å². The number of pyridine rings is 1. The van der Waals surface area contributed by atoms with Crippen LogP contribution in [0.5, 0.6) is 0 Å². The Kier molecular flexibility index (Phi) is 10.4. The Labute approximate surface area is 258 Å². The molecule has 0 amide bonds. The molecule has 0 aliphatic carbocycles. The Morgan fingerprint density at radius 3 is 2.10 bits per heavy atom. The summed E-state index contributed by atoms with van der Waals surface area (Å²) in [5.74, 6) is -1.19. The van der Waals surface area contributed by atoms with E-state index in [-0.39, 0.29) is 17.2 Å². The number of halogens is 1. The Balaban J connectivity index is 1.57. The average molecular weight is 691 g/mol. The normalized spacial score (nSPS) is 13.3. The van der Waals surface area contributed by atoms with Gasteiger partial charge in [-0.1, -0.05) is 70.5 Å². The number of hydrogen-bond donors (Lipinski definition) is 2. The van der Waals surface area contributed by atoms with E-state index >= 15 is 0 Å². The van der Waals surface area contributed by atoms with Crippen molar-refractivity contribution in [3.63, 3.8) is 0 Å². The zero-order valence-corrected chi connectivity index (χ0v) is 26.4. The number of carboxylic acids is 1. The molecule has 13 heteroatoms. The number of carbonyl (C=O) groups is 1. The lowest BCUT2D eigenvalue weighted by atomic mass is 10.1. The molecule has 42 heavy (non-hydrogen) atoms. The van der Waals surface area contributed by atoms with E-state index in [1.165, 1.54) is 28.8 Å². The van der Waals surface area contributed by atoms with Gasteiger partial charge in [0, 0.05) is 23.0 Å². The number of benzene rings is 3. The predicted molar refractivity (Wildman–Crippen MR) is 169 cm³/mol. The van der Waals surface area contributed by atoms with Crippen molar-refractivity contribution in [1.82, 2.24) is 9.71 Å². The van der Waals surface area contributed by atoms with Crippen LogP contribution in [0.25, 0.3) is 11.1 Å². The molecule has 0 radical (unpaired) electrons. The van der Waals surface area contributed by atoms with Crippen LogP contribution in [-0.2, 0) is 24.8 Å². The van der Waals surface area contributed by atoms with Crippen LogP contribution in [-0.4, -0.2) is 57.5 Å². The zero-order chi connectivity index (χ0) is 30.3. The van der Waals surface area contributed by atoms with E-state index < -0.39 is 37.3 Å². The van der Waals surface area contributed by atoms with E-state index in [4.69, 9.17) is 0 Å². The SMILES string of the molecule is CS(=O)(=O)N(CCSC(c1ccccc1)C(NS(=O)(=O)c1ccc(-c2ccc(Br)cc2)cc1)C(=O)O)c1cccnc1. The number of thioether (sulfide) groups is 1. The number of carboxylic acid groups (broad SMARTS) is 1. The third kappa shape index (κ3) is 8.19. The molecule has 0 fully saturated rings. The third-order valence-electron chi connectivity index (χ3n) is 6.25. The van der Waals surface area contributed by atoms with Gasteiger partial charge in [0.2, 0.25) is 20.0 Å². The highest BCUT2D eigenvalue weighted by molar-refractivity contribution is 9.10. The smallest absolute Gasteiger partial charge is 0.323 e. The molecule has 1 aromatic heterocycles. The van der Waals surface area contributed by atoms with Gasteiger partial charge in [-0.25, -0.2) is 16.8 Å². The maximum absolute atomic E-state index is 13.4. The largest absolute Gasteiger partial charge is 0.480 e. The number of sulfonamides is 2. The van der Waals surface area contributed by atoms with Gasteiger partial charge >= 0.3 is 5.97 Å². The third-order valence-corrected chi connectivity index (χ3v) is 10.7. The summed E-state index contributed by atoms with van der Waals surface area (Å²) in [5, 5.41) is 9.32. The monoisotopic (exact) mass is 689 g/mol. The van der Waals surface area contributed by atoms with Crippen LogP contribution in [0, 0.1) is 0 Å². The lowest BCUT2D eigenvalue weighted by Crippen LogP contribution is -2.44. The highest BCUT2D eigenvalue weighted by Gasteiger charge is 2.34. The molecule has 0 aliphatic heterocycles. The zero-order valence-electron chi connectivity index (χ0n) is 22.4. The Bertz CT molecular complexity index is 1710. The van der Waals surface area contributed by atoms with Crippen LogP contribution >= 0.6 is 27.7 Å². The maximum Gasteiger partial charge on any atom is 0.323 e. The molecule has 0 aliphatic rings. The van der Waals surface area contributed by atoms with Gasteiger partial charge in [0.15, 0.2) is 0 Å². The fourth-order valence-electron chi connectivity index (χ4n) is 4.22. The molecule has 2 atom stereocenters. The quantitative estimate of drug-likeness (QED) is 0.196. The van der Waals surface area contributed by atoms with Crippen molar-refractivity contribution in [2.45, 2.75) is 16.2 Å². The summed E-state index contributed by atoms with van der Waals surface area (Å²) in [6, 6.07) is 24.1. The van der Waals surface area contributed by atoms with Crippen LogP contribution in [0.4, 0.5) is 5.69 Å². The summed E-state index contributed by atoms with van der Waals surface area (Å²) in [7, 11) is -7.90. The molecular formula is C29H28BrN3O6S3. The molecule has 1 heterocycles. The maximum atomic E-state index is 13.4. The number of nitrogens with one attached hydrogen (secondary N) is 1. The highest BCUT2D eigenvalue weighted by Crippen LogP contribution is 2.34. The number of hydrogen-bond acceptors (Lipinski definition) is 7. The van der Waals surface area contributed by atoms with Gasteiger partial charge < -0.3 is 5.11 Å². The lowest BCUT2D eigenvalue weighted by molar-refractivity contribution is -0.139. The Morgan fingerprint density at radius 1 is 0.929 bits per heavy atom. The van der Waals surface area contributed by atoms with Crippen LogP contribution < -0.4 is 9.03 Å². The van der Waals surface area contributed by atoms with Crippen LogP contribution in [0.15, 0.2) is 113 Å². The van der Waals surface area contributed by atoms with Gasteiger partial charge in [-0.3, -0.25) is 14.1 Å². The van der Waals surface area contributed by atoms with Crippen LogP contribution in [0.3, 0.4) is 0 Å². The van der Waals surface area contributed by atoms with Crippen LogP contribution in [0.2, 0.25) is 0 Å². The number of nitrogens with zero attached hydrogens (tertiary/aromatic N) is 2. The number of rotatable bonds is 13. The first-order valence-corrected chi connectivity index (χ1v) is 17.8. The Morgan fingerprint density at radius 2 is 1.55 bits per heavy atom. The van der Waals surface area contributed by atoms with E-state index in [0.29, 0.717) is 11.3 Å². The molecule has 0 bridgehead atoms. The number of anilines is 1. The van der Waals surface area contributed by atoms with E-state index in [1.54, 1.807) is 54.6 Å². The van der Waals surface area contributed by atoms with Crippen molar-refractivity contribution in [2.24, 2.45) is 0 Å². The molecule has 220 valence electrons. The van der Waals surface area contributed by atoms with E-state index in [9.17, 15) is 26.7 Å². The van der Waals surface area contributed by atoms with Crippen molar-refractivity contribution in [2.75, 3.05) is 22.9 Å². The van der Waals surface area contributed by atoms with Gasteiger partial charge in [0.25, 0.3) is 0 Å². The minimum absolute atomic E-state index is 0.0230. The standard InChI is InChI=1S/C29H28BrN3O6S3/c1-41(36,37)33(25-8-5-17-31-20-25)18-19-40-28(23-6-3-2-4-7-23)27(29(34)35)32-42(38,39)26-15-11-22(12-16-26)21-9-13-24(30)14-10-21/h2-17,20,27-28,32H,18-19H2,1H3,(H,34,35). The summed E-state index contributed by atoms with van der Waals surface area (Å²) in [4.78, 5) is 16.4. The second kappa shape index (κ2) is 13.8. The Hall–Kier alpha value is -3.23. The molecule has 2 N–H and O–H groups in total. The first-order valence-electron chi connectivity index (χ1n) is 12.6. The minimum Gasteiger partial charge on any atom is -0.480 e. The van der Waals surface area contributed by atoms with Gasteiger partial charge in [-0.15, -0.1) is 11.8 Å². The molecule has 4 rings (SSSR count). The predicted octanol–water partition coefficient (Wildman–Crippen LogP) is 5.18. The minimum atomic E-state index is -4.24. The summed E-state index contributed by atoms with van der Waals surface area (Å²) in [6.45, 7) is 0.0230. The fraction of sp³-hybridized carbons (Fsp3) is 0.172. The summed E-state index contributed by atoms with van der Waals surface area (Å²) < 4.78 is 56.2. The summed E-state index contributed by atoms with van der Waals surface area (Å²) in [5.41, 5.74) is 2.65. The first-order chi connectivity index (χ1) is 20.0. The van der Waals surface area contributed by atoms with Crippen molar-refractivity contribution in [3.05, 3.63) is 113 Å². The summed E-state index contributed by atoms with van der Waals surface area (Å²) >= 11 is 4.54. The average Bonchev–Trinajstić information content (AvgIpc) is 2.97. The molecule has 2 unspecified atom stereocenters. The second-order valence-electron chi connectivity index (χ2n) is 9.22. The van der Waals surface area contributed by atoms with Crippen molar-refractivity contribution < 1.29 is 26.7 Å². The number of aromatic nitrogens is 1. The van der Waals surface area contributed by atoms with Gasteiger partial charge in [0.1, 0.15) is 6.04 Å².